The zero-order valence-corrected chi connectivity index (χ0v) is 23.9. The van der Waals surface area contributed by atoms with Crippen molar-refractivity contribution in [2.45, 2.75) is 45.2 Å². The highest BCUT2D eigenvalue weighted by atomic mass is 31.2. The number of rotatable bonds is 13. The lowest BCUT2D eigenvalue weighted by Gasteiger charge is -2.24. The molecule has 232 valence electrons. The molecular weight excluding hydrogens is 594 g/mol. The van der Waals surface area contributed by atoms with Gasteiger partial charge in [0.1, 0.15) is 23.6 Å². The van der Waals surface area contributed by atoms with Gasteiger partial charge in [-0.25, -0.2) is 24.4 Å². The summed E-state index contributed by atoms with van der Waals surface area (Å²) in [6.45, 7) is 3.30. The number of carbonyl (C=O) groups is 3. The number of hydrogen-bond donors (Lipinski definition) is 4. The predicted molar refractivity (Wildman–Crippen MR) is 147 cm³/mol. The van der Waals surface area contributed by atoms with Crippen molar-refractivity contribution in [1.82, 2.24) is 24.6 Å². The first-order valence-electron chi connectivity index (χ1n) is 12.7. The van der Waals surface area contributed by atoms with Gasteiger partial charge in [-0.3, -0.25) is 23.5 Å². The minimum atomic E-state index is -3.83. The Kier molecular flexibility index (Phi) is 11.7. The maximum Gasteiger partial charge on any atom is 0.342 e. The van der Waals surface area contributed by atoms with Gasteiger partial charge in [-0.1, -0.05) is 18.2 Å². The Morgan fingerprint density at radius 1 is 1.16 bits per heavy atom. The third-order valence-electron chi connectivity index (χ3n) is 5.42. The quantitative estimate of drug-likeness (QED) is 0.158. The Hall–Kier alpha value is -4.44. The minimum absolute atomic E-state index is 0.143. The van der Waals surface area contributed by atoms with Crippen LogP contribution in [-0.4, -0.2) is 72.9 Å². The summed E-state index contributed by atoms with van der Waals surface area (Å²) in [6.07, 6.45) is 0.0833. The van der Waals surface area contributed by atoms with E-state index in [0.29, 0.717) is 5.52 Å². The first kappa shape index (κ1) is 33.1. The smallest absolute Gasteiger partial charge is 0.342 e. The second-order valence-corrected chi connectivity index (χ2v) is 10.8. The topological polar surface area (TPSA) is 227 Å². The molecule has 2 aromatic heterocycles. The van der Waals surface area contributed by atoms with Gasteiger partial charge in [0.25, 0.3) is 0 Å². The molecule has 0 amide bonds. The largest absolute Gasteiger partial charge is 0.481 e. The standard InChI is InChI=1S/C21H24FN6O6P.C4H6O4/c1-3-31-21(29)13(2)27-35(30,34-14-7-5-4-6-8-14)12-32-16-9-15(22)20(33-16)28-11-26-17-18(23)24-10-25-19(17)28;5-3(6)1-2-4(7)8/h4-11,13,16,20H,3,12H2,1-2H3,(H,27,30)(H2,23,24,25);1-2H2,(H,5,6)(H,7,8)/t13-,16-,20+,35+;/m0./s1. The molecule has 0 saturated carbocycles. The van der Waals surface area contributed by atoms with Crippen LogP contribution in [0.5, 0.6) is 5.75 Å². The lowest BCUT2D eigenvalue weighted by molar-refractivity contribution is -0.144. The van der Waals surface area contributed by atoms with Crippen molar-refractivity contribution in [2.24, 2.45) is 0 Å². The average Bonchev–Trinajstić information content (AvgIpc) is 3.55. The molecule has 1 aliphatic heterocycles. The fourth-order valence-corrected chi connectivity index (χ4v) is 5.19. The number of carboxylic acids is 2. The first-order chi connectivity index (χ1) is 20.4. The molecule has 0 saturated heterocycles. The van der Waals surface area contributed by atoms with Crippen molar-refractivity contribution in [3.8, 4) is 5.75 Å². The van der Waals surface area contributed by atoms with Crippen LogP contribution in [0, 0.1) is 0 Å². The molecule has 4 rings (SSSR count). The van der Waals surface area contributed by atoms with Gasteiger partial charge < -0.3 is 34.7 Å². The molecule has 3 aromatic rings. The molecule has 0 spiro atoms. The highest BCUT2D eigenvalue weighted by molar-refractivity contribution is 7.57. The number of carbonyl (C=O) groups excluding carboxylic acids is 1. The monoisotopic (exact) mass is 624 g/mol. The van der Waals surface area contributed by atoms with Crippen LogP contribution in [0.2, 0.25) is 0 Å². The Balaban J connectivity index is 0.000000557. The number of anilines is 1. The molecule has 0 radical (unpaired) electrons. The maximum absolute atomic E-state index is 14.8. The van der Waals surface area contributed by atoms with Crippen LogP contribution in [-0.2, 0) is 33.2 Å². The summed E-state index contributed by atoms with van der Waals surface area (Å²) in [5, 5.41) is 18.4. The van der Waals surface area contributed by atoms with E-state index in [1.807, 2.05) is 0 Å². The zero-order chi connectivity index (χ0) is 31.6. The maximum atomic E-state index is 14.8. The Bertz CT molecular complexity index is 1490. The summed E-state index contributed by atoms with van der Waals surface area (Å²) in [6, 6.07) is 7.40. The van der Waals surface area contributed by atoms with E-state index in [-0.39, 0.29) is 36.7 Å². The van der Waals surface area contributed by atoms with Gasteiger partial charge in [-0.15, -0.1) is 0 Å². The van der Waals surface area contributed by atoms with Crippen molar-refractivity contribution >= 4 is 42.4 Å². The van der Waals surface area contributed by atoms with Crippen LogP contribution in [0.1, 0.15) is 32.9 Å². The molecule has 0 fully saturated rings. The molecule has 5 N–H and O–H groups in total. The molecule has 4 atom stereocenters. The zero-order valence-electron chi connectivity index (χ0n) is 23.0. The lowest BCUT2D eigenvalue weighted by Crippen LogP contribution is -2.36. The minimum Gasteiger partial charge on any atom is -0.481 e. The van der Waals surface area contributed by atoms with Gasteiger partial charge in [0.15, 0.2) is 36.2 Å². The van der Waals surface area contributed by atoms with E-state index >= 15 is 0 Å². The van der Waals surface area contributed by atoms with Crippen LogP contribution in [0.3, 0.4) is 0 Å². The van der Waals surface area contributed by atoms with Gasteiger partial charge in [-0.2, -0.15) is 0 Å². The Labute approximate surface area is 244 Å². The number of imidazole rings is 1. The van der Waals surface area contributed by atoms with E-state index in [1.54, 1.807) is 37.3 Å². The molecule has 1 aliphatic rings. The van der Waals surface area contributed by atoms with Gasteiger partial charge in [0, 0.05) is 6.08 Å². The number of hydrogen-bond acceptors (Lipinski definition) is 12. The number of nitrogen functional groups attached to an aromatic ring is 1. The van der Waals surface area contributed by atoms with Crippen LogP contribution < -0.4 is 15.3 Å². The van der Waals surface area contributed by atoms with E-state index < -0.39 is 56.2 Å². The Morgan fingerprint density at radius 2 is 1.84 bits per heavy atom. The number of nitrogens with one attached hydrogen (secondary N) is 1. The molecule has 16 nitrogen and oxygen atoms in total. The second kappa shape index (κ2) is 15.2. The molecule has 1 aromatic carbocycles. The predicted octanol–water partition coefficient (Wildman–Crippen LogP) is 2.84. The molecule has 43 heavy (non-hydrogen) atoms. The van der Waals surface area contributed by atoms with Gasteiger partial charge in [0.2, 0.25) is 0 Å². The van der Waals surface area contributed by atoms with E-state index in [1.165, 1.54) is 24.1 Å². The summed E-state index contributed by atoms with van der Waals surface area (Å²) in [7, 11) is -3.83. The number of halogens is 1. The Morgan fingerprint density at radius 3 is 2.47 bits per heavy atom. The normalized spacial score (nSPS) is 18.1. The fraction of sp³-hybridized carbons (Fsp3) is 0.360. The van der Waals surface area contributed by atoms with Gasteiger partial charge in [0.05, 0.1) is 25.8 Å². The van der Waals surface area contributed by atoms with Crippen molar-refractivity contribution < 1.29 is 52.3 Å². The summed E-state index contributed by atoms with van der Waals surface area (Å²) in [5.74, 6) is -3.00. The summed E-state index contributed by atoms with van der Waals surface area (Å²) >= 11 is 0. The van der Waals surface area contributed by atoms with Crippen LogP contribution in [0.25, 0.3) is 11.2 Å². The van der Waals surface area contributed by atoms with Crippen molar-refractivity contribution in [1.29, 1.82) is 0 Å². The molecular formula is C25H30FN6O10P. The van der Waals surface area contributed by atoms with E-state index in [9.17, 15) is 23.3 Å². The highest BCUT2D eigenvalue weighted by Crippen LogP contribution is 2.45. The molecule has 0 aliphatic carbocycles. The SMILES string of the molecule is CCOC(=O)[C@H](C)N[P@@](=O)(CO[C@@H]1C=C(F)[C@H](n2cnc3c(N)ncnc32)O1)Oc1ccccc1.O=C(O)CCC(=O)O. The second-order valence-electron chi connectivity index (χ2n) is 8.76. The number of nitrogens with two attached hydrogens (primary N) is 1. The third kappa shape index (κ3) is 9.54. The number of nitrogens with zero attached hydrogens (tertiary/aromatic N) is 4. The highest BCUT2D eigenvalue weighted by Gasteiger charge is 2.36. The number of aromatic nitrogens is 4. The average molecular weight is 625 g/mol. The number of para-hydroxylation sites is 1. The number of carboxylic acid groups (broad SMARTS) is 2. The van der Waals surface area contributed by atoms with E-state index in [0.717, 1.165) is 6.08 Å². The van der Waals surface area contributed by atoms with Crippen LogP contribution in [0.15, 0.2) is 54.9 Å². The fourth-order valence-electron chi connectivity index (χ4n) is 3.51. The number of esters is 1. The number of fused-ring (bicyclic) bond motifs is 1. The number of ether oxygens (including phenoxy) is 3. The summed E-state index contributed by atoms with van der Waals surface area (Å²) in [4.78, 5) is 43.4. The van der Waals surface area contributed by atoms with E-state index in [4.69, 9.17) is 34.7 Å². The lowest BCUT2D eigenvalue weighted by atomic mass is 10.3. The molecule has 3 heterocycles. The molecule has 0 bridgehead atoms. The van der Waals surface area contributed by atoms with Crippen molar-refractivity contribution in [2.75, 3.05) is 18.7 Å². The summed E-state index contributed by atoms with van der Waals surface area (Å²) < 4.78 is 51.5. The number of aliphatic carboxylic acids is 2. The van der Waals surface area contributed by atoms with E-state index in [2.05, 4.69) is 20.0 Å². The van der Waals surface area contributed by atoms with Crippen molar-refractivity contribution in [3.63, 3.8) is 0 Å². The molecule has 18 heteroatoms. The summed E-state index contributed by atoms with van der Waals surface area (Å²) in [5.41, 5.74) is 6.35. The van der Waals surface area contributed by atoms with Crippen LogP contribution in [0.4, 0.5) is 10.2 Å². The van der Waals surface area contributed by atoms with Crippen LogP contribution >= 0.6 is 7.52 Å². The van der Waals surface area contributed by atoms with Gasteiger partial charge >= 0.3 is 25.4 Å². The third-order valence-corrected chi connectivity index (χ3v) is 7.20. The molecule has 0 unspecified atom stereocenters. The van der Waals surface area contributed by atoms with Crippen molar-refractivity contribution in [3.05, 3.63) is 54.9 Å². The first-order valence-corrected chi connectivity index (χ1v) is 14.5. The number of benzene rings is 1. The van der Waals surface area contributed by atoms with Gasteiger partial charge in [-0.05, 0) is 26.0 Å².